The van der Waals surface area contributed by atoms with E-state index < -0.39 is 17.6 Å². The van der Waals surface area contributed by atoms with Crippen molar-refractivity contribution in [2.24, 2.45) is 0 Å². The van der Waals surface area contributed by atoms with Gasteiger partial charge in [0, 0.05) is 19.9 Å². The molecule has 1 aromatic carbocycles. The third kappa shape index (κ3) is 6.52. The predicted molar refractivity (Wildman–Crippen MR) is 95.5 cm³/mol. The number of anilines is 1. The van der Waals surface area contributed by atoms with Crippen LogP contribution in [0.3, 0.4) is 0 Å². The largest absolute Gasteiger partial charge is 0.418 e. The standard InChI is InChI=1S/C18H23F3N4O3/c1-13(26)22-7-6-17(28)25-10-8-24(9-11-25)12-16(27)23-15-5-3-2-4-14(15)18(19,20)21/h2-5H,6-12H2,1H3,(H,22,26)(H,23,27)/p+1. The van der Waals surface area contributed by atoms with Crippen molar-refractivity contribution in [3.63, 3.8) is 0 Å². The van der Waals surface area contributed by atoms with E-state index in [2.05, 4.69) is 10.6 Å². The molecule has 0 bridgehead atoms. The first-order valence-corrected chi connectivity index (χ1v) is 8.98. The zero-order chi connectivity index (χ0) is 20.7. The summed E-state index contributed by atoms with van der Waals surface area (Å²) in [5, 5.41) is 4.90. The summed E-state index contributed by atoms with van der Waals surface area (Å²) in [5.41, 5.74) is -1.14. The minimum absolute atomic E-state index is 0.0279. The van der Waals surface area contributed by atoms with Gasteiger partial charge in [0.15, 0.2) is 6.54 Å². The number of benzene rings is 1. The molecule has 0 spiro atoms. The van der Waals surface area contributed by atoms with Gasteiger partial charge in [-0.15, -0.1) is 0 Å². The van der Waals surface area contributed by atoms with E-state index in [1.54, 1.807) is 4.90 Å². The number of alkyl halides is 3. The van der Waals surface area contributed by atoms with Gasteiger partial charge in [-0.25, -0.2) is 0 Å². The number of nitrogens with one attached hydrogen (secondary N) is 3. The quantitative estimate of drug-likeness (QED) is 0.623. The van der Waals surface area contributed by atoms with Gasteiger partial charge in [0.05, 0.1) is 37.4 Å². The van der Waals surface area contributed by atoms with Crippen molar-refractivity contribution in [2.45, 2.75) is 19.5 Å². The molecule has 1 saturated heterocycles. The molecule has 1 aromatic rings. The molecule has 0 unspecified atom stereocenters. The maximum absolute atomic E-state index is 13.0. The van der Waals surface area contributed by atoms with Gasteiger partial charge in [0.2, 0.25) is 11.8 Å². The summed E-state index contributed by atoms with van der Waals surface area (Å²) in [6.45, 7) is 3.66. The van der Waals surface area contributed by atoms with Gasteiger partial charge in [0.1, 0.15) is 0 Å². The monoisotopic (exact) mass is 401 g/mol. The number of nitrogens with zero attached hydrogens (tertiary/aromatic N) is 1. The second kappa shape index (κ2) is 9.54. The highest BCUT2D eigenvalue weighted by atomic mass is 19.4. The second-order valence-electron chi connectivity index (χ2n) is 6.63. The van der Waals surface area contributed by atoms with Gasteiger partial charge < -0.3 is 20.4 Å². The molecule has 0 aromatic heterocycles. The van der Waals surface area contributed by atoms with E-state index in [1.807, 2.05) is 0 Å². The van der Waals surface area contributed by atoms with E-state index in [-0.39, 0.29) is 37.0 Å². The first kappa shape index (κ1) is 21.7. The van der Waals surface area contributed by atoms with Crippen molar-refractivity contribution in [1.29, 1.82) is 0 Å². The predicted octanol–water partition coefficient (Wildman–Crippen LogP) is -0.103. The van der Waals surface area contributed by atoms with Crippen LogP contribution in [0.4, 0.5) is 18.9 Å². The van der Waals surface area contributed by atoms with E-state index >= 15 is 0 Å². The van der Waals surface area contributed by atoms with E-state index in [1.165, 1.54) is 25.1 Å². The lowest BCUT2D eigenvalue weighted by molar-refractivity contribution is -0.895. The van der Waals surface area contributed by atoms with Gasteiger partial charge in [-0.3, -0.25) is 14.4 Å². The number of halogens is 3. The van der Waals surface area contributed by atoms with Crippen molar-refractivity contribution < 1.29 is 32.5 Å². The van der Waals surface area contributed by atoms with E-state index in [0.717, 1.165) is 11.0 Å². The average molecular weight is 401 g/mol. The fourth-order valence-electron chi connectivity index (χ4n) is 3.01. The Labute approximate surface area is 160 Å². The molecule has 10 heteroatoms. The Bertz CT molecular complexity index is 716. The highest BCUT2D eigenvalue weighted by molar-refractivity contribution is 5.92. The van der Waals surface area contributed by atoms with E-state index in [4.69, 9.17) is 0 Å². The summed E-state index contributed by atoms with van der Waals surface area (Å²) in [5.74, 6) is -0.770. The molecule has 3 N–H and O–H groups in total. The molecule has 0 atom stereocenters. The van der Waals surface area contributed by atoms with Gasteiger partial charge in [-0.05, 0) is 12.1 Å². The lowest BCUT2D eigenvalue weighted by Crippen LogP contribution is -3.15. The molecule has 1 fully saturated rings. The molecule has 0 radical (unpaired) electrons. The molecule has 0 aliphatic carbocycles. The number of quaternary nitrogens is 1. The molecule has 7 nitrogen and oxygen atoms in total. The maximum Gasteiger partial charge on any atom is 0.418 e. The Balaban J connectivity index is 1.80. The number of para-hydroxylation sites is 1. The van der Waals surface area contributed by atoms with Crippen molar-refractivity contribution >= 4 is 23.4 Å². The number of hydrogen-bond donors (Lipinski definition) is 3. The summed E-state index contributed by atoms with van der Waals surface area (Å²) < 4.78 is 39.0. The van der Waals surface area contributed by atoms with Crippen molar-refractivity contribution in [2.75, 3.05) is 44.6 Å². The van der Waals surface area contributed by atoms with Crippen molar-refractivity contribution in [3.05, 3.63) is 29.8 Å². The minimum atomic E-state index is -4.54. The molecule has 3 amide bonds. The second-order valence-corrected chi connectivity index (χ2v) is 6.63. The van der Waals surface area contributed by atoms with Crippen LogP contribution < -0.4 is 15.5 Å². The number of carbonyl (C=O) groups is 3. The number of rotatable bonds is 6. The summed E-state index contributed by atoms with van der Waals surface area (Å²) in [4.78, 5) is 37.6. The lowest BCUT2D eigenvalue weighted by atomic mass is 10.1. The first-order chi connectivity index (χ1) is 13.2. The molecule has 2 rings (SSSR count). The van der Waals surface area contributed by atoms with Crippen LogP contribution in [0.2, 0.25) is 0 Å². The van der Waals surface area contributed by atoms with E-state index in [9.17, 15) is 27.6 Å². The summed E-state index contributed by atoms with van der Waals surface area (Å²) >= 11 is 0. The average Bonchev–Trinajstić information content (AvgIpc) is 2.61. The number of carbonyl (C=O) groups excluding carboxylic acids is 3. The Morgan fingerprint density at radius 3 is 2.39 bits per heavy atom. The van der Waals surface area contributed by atoms with Gasteiger partial charge in [-0.1, -0.05) is 12.1 Å². The third-order valence-corrected chi connectivity index (χ3v) is 4.45. The highest BCUT2D eigenvalue weighted by Gasteiger charge is 2.34. The molecule has 1 aliphatic rings. The van der Waals surface area contributed by atoms with E-state index in [0.29, 0.717) is 26.2 Å². The molecule has 1 aliphatic heterocycles. The summed E-state index contributed by atoms with van der Waals surface area (Å²) in [6, 6.07) is 4.85. The van der Waals surface area contributed by atoms with Crippen LogP contribution in [0.25, 0.3) is 0 Å². The van der Waals surface area contributed by atoms with Crippen LogP contribution in [0.1, 0.15) is 18.9 Å². The van der Waals surface area contributed by atoms with Crippen LogP contribution in [0.5, 0.6) is 0 Å². The Morgan fingerprint density at radius 1 is 1.14 bits per heavy atom. The van der Waals surface area contributed by atoms with Gasteiger partial charge in [0.25, 0.3) is 5.91 Å². The van der Waals surface area contributed by atoms with Crippen LogP contribution in [-0.4, -0.2) is 61.9 Å². The highest BCUT2D eigenvalue weighted by Crippen LogP contribution is 2.34. The Morgan fingerprint density at radius 2 is 1.79 bits per heavy atom. The lowest BCUT2D eigenvalue weighted by Gasteiger charge is -2.32. The van der Waals surface area contributed by atoms with Crippen molar-refractivity contribution in [3.8, 4) is 0 Å². The molecular formula is C18H24F3N4O3+. The van der Waals surface area contributed by atoms with Crippen molar-refractivity contribution in [1.82, 2.24) is 10.2 Å². The SMILES string of the molecule is CC(=O)NCCC(=O)N1CC[NH+](CC(=O)Nc2ccccc2C(F)(F)F)CC1. The van der Waals surface area contributed by atoms with Crippen LogP contribution >= 0.6 is 0 Å². The number of amides is 3. The first-order valence-electron chi connectivity index (χ1n) is 8.98. The smallest absolute Gasteiger partial charge is 0.356 e. The summed E-state index contributed by atoms with van der Waals surface area (Å²) in [7, 11) is 0. The molecule has 154 valence electrons. The van der Waals surface area contributed by atoms with Gasteiger partial charge in [-0.2, -0.15) is 13.2 Å². The molecule has 0 saturated carbocycles. The molecule has 1 heterocycles. The summed E-state index contributed by atoms with van der Waals surface area (Å²) in [6.07, 6.45) is -4.33. The van der Waals surface area contributed by atoms with Crippen LogP contribution in [-0.2, 0) is 20.6 Å². The Hall–Kier alpha value is -2.62. The van der Waals surface area contributed by atoms with Gasteiger partial charge >= 0.3 is 6.18 Å². The topological polar surface area (TPSA) is 83.0 Å². The fourth-order valence-corrected chi connectivity index (χ4v) is 3.01. The minimum Gasteiger partial charge on any atom is -0.356 e. The normalized spacial score (nSPS) is 15.2. The zero-order valence-corrected chi connectivity index (χ0v) is 15.6. The van der Waals surface area contributed by atoms with Crippen LogP contribution in [0.15, 0.2) is 24.3 Å². The molecule has 28 heavy (non-hydrogen) atoms. The zero-order valence-electron chi connectivity index (χ0n) is 15.6. The van der Waals surface area contributed by atoms with Crippen LogP contribution in [0, 0.1) is 0 Å². The maximum atomic E-state index is 13.0. The molecular weight excluding hydrogens is 377 g/mol. The third-order valence-electron chi connectivity index (χ3n) is 4.45. The fraction of sp³-hybridized carbons (Fsp3) is 0.500. The number of hydrogen-bond acceptors (Lipinski definition) is 3. The number of piperazine rings is 1. The Kier molecular flexibility index (Phi) is 7.38.